The van der Waals surface area contributed by atoms with Gasteiger partial charge in [-0.25, -0.2) is 4.79 Å². The van der Waals surface area contributed by atoms with Crippen molar-refractivity contribution in [2.24, 2.45) is 0 Å². The third kappa shape index (κ3) is 7.55. The minimum absolute atomic E-state index is 0.0529. The molecule has 0 unspecified atom stereocenters. The first-order valence-corrected chi connectivity index (χ1v) is 12.3. The van der Waals surface area contributed by atoms with E-state index in [2.05, 4.69) is 16.3 Å². The number of morpholine rings is 1. The van der Waals surface area contributed by atoms with E-state index in [0.29, 0.717) is 26.2 Å². The van der Waals surface area contributed by atoms with Gasteiger partial charge in [-0.1, -0.05) is 30.3 Å². The molecule has 2 saturated heterocycles. The van der Waals surface area contributed by atoms with Crippen LogP contribution < -0.4 is 5.32 Å². The van der Waals surface area contributed by atoms with Gasteiger partial charge in [-0.15, -0.1) is 0 Å². The van der Waals surface area contributed by atoms with Gasteiger partial charge in [0.15, 0.2) is 0 Å². The maximum absolute atomic E-state index is 13.2. The summed E-state index contributed by atoms with van der Waals surface area (Å²) in [7, 11) is -1.76. The number of nitrogens with zero attached hydrogens (tertiary/aromatic N) is 3. The fourth-order valence-corrected chi connectivity index (χ4v) is 4.62. The minimum Gasteiger partial charge on any atom is -0.447 e. The smallest absolute Gasteiger partial charge is 0.447 e. The first kappa shape index (κ1) is 27.7. The van der Waals surface area contributed by atoms with Crippen LogP contribution in [0.25, 0.3) is 0 Å². The molecule has 0 bridgehead atoms. The van der Waals surface area contributed by atoms with Crippen LogP contribution in [-0.2, 0) is 20.7 Å². The normalized spacial score (nSPS) is 19.9. The molecule has 2 amide bonds. The quantitative estimate of drug-likeness (QED) is 0.260. The minimum atomic E-state index is -1.76. The highest BCUT2D eigenvalue weighted by Gasteiger charge is 2.34. The number of nitrogens with one attached hydrogen (secondary N) is 1. The molecule has 0 aromatic heterocycles. The summed E-state index contributed by atoms with van der Waals surface area (Å²) in [6.45, 7) is 7.03. The Hall–Kier alpha value is -2.91. The van der Waals surface area contributed by atoms with E-state index in [9.17, 15) is 24.9 Å². The van der Waals surface area contributed by atoms with Crippen LogP contribution in [-0.4, -0.2) is 95.9 Å². The molecule has 0 aliphatic carbocycles. The van der Waals surface area contributed by atoms with Gasteiger partial charge in [0.25, 0.3) is 5.91 Å². The number of carbonyl (C=O) groups excluding carboxylic acids is 2. The van der Waals surface area contributed by atoms with Crippen molar-refractivity contribution in [2.45, 2.75) is 50.6 Å². The number of nitriles is 1. The van der Waals surface area contributed by atoms with Gasteiger partial charge >= 0.3 is 13.2 Å². The van der Waals surface area contributed by atoms with E-state index in [1.165, 1.54) is 0 Å². The molecular weight excluding hydrogens is 463 g/mol. The molecule has 0 spiro atoms. The van der Waals surface area contributed by atoms with Gasteiger partial charge < -0.3 is 29.7 Å². The summed E-state index contributed by atoms with van der Waals surface area (Å²) in [5, 5.41) is 31.6. The largest absolute Gasteiger partial charge is 0.475 e. The summed E-state index contributed by atoms with van der Waals surface area (Å²) in [6, 6.07) is 10.8. The number of hydrogen-bond donors (Lipinski definition) is 3. The lowest BCUT2D eigenvalue weighted by Crippen LogP contribution is -2.49. The first-order valence-electron chi connectivity index (χ1n) is 12.3. The molecule has 2 aliphatic heterocycles. The van der Waals surface area contributed by atoms with Crippen LogP contribution in [0.5, 0.6) is 0 Å². The third-order valence-corrected chi connectivity index (χ3v) is 6.68. The van der Waals surface area contributed by atoms with Crippen molar-refractivity contribution >= 4 is 19.1 Å². The fourth-order valence-electron chi connectivity index (χ4n) is 4.62. The molecule has 2 heterocycles. The predicted octanol–water partition coefficient (Wildman–Crippen LogP) is 0.888. The fraction of sp³-hybridized carbons (Fsp3) is 0.560. The van der Waals surface area contributed by atoms with Crippen LogP contribution in [0.3, 0.4) is 0 Å². The average molecular weight is 498 g/mol. The summed E-state index contributed by atoms with van der Waals surface area (Å²) >= 11 is 0. The number of ether oxygens (including phenoxy) is 2. The van der Waals surface area contributed by atoms with E-state index in [0.717, 1.165) is 25.1 Å². The summed E-state index contributed by atoms with van der Waals surface area (Å²) in [5.41, 5.74) is 0.406. The van der Waals surface area contributed by atoms with Gasteiger partial charge in [-0.3, -0.25) is 9.69 Å². The van der Waals surface area contributed by atoms with Crippen LogP contribution in [0.4, 0.5) is 4.79 Å². The van der Waals surface area contributed by atoms with Crippen molar-refractivity contribution in [1.82, 2.24) is 15.1 Å². The standard InChI is InChI=1S/C25H35BN4O6/c1-25(2,29-11-13-35-14-12-29)16-20(17-27)23(31)30-10-6-9-21(30)18-36-24(32)28-22(26(33)34)15-19-7-4-3-5-8-19/h3-5,7-8,16,21-22,33-34H,6,9-15,18H2,1-2H3,(H,28,32)/b20-16+/t21-,22+/m1/s1. The summed E-state index contributed by atoms with van der Waals surface area (Å²) < 4.78 is 10.7. The molecular formula is C25H35BN4O6. The number of amides is 2. The lowest BCUT2D eigenvalue weighted by Gasteiger charge is -2.39. The average Bonchev–Trinajstić information content (AvgIpc) is 3.35. The van der Waals surface area contributed by atoms with Gasteiger partial charge in [-0.05, 0) is 44.7 Å². The van der Waals surface area contributed by atoms with Crippen molar-refractivity contribution < 1.29 is 29.1 Å². The second kappa shape index (κ2) is 12.9. The topological polar surface area (TPSA) is 135 Å². The SMILES string of the molecule is CC(C)(/C=C(\C#N)C(=O)N1CCC[C@@H]1COC(=O)N[C@@H](Cc1ccccc1)B(O)O)N1CCOCC1. The van der Waals surface area contributed by atoms with Crippen molar-refractivity contribution in [3.05, 3.63) is 47.5 Å². The Morgan fingerprint density at radius 1 is 1.28 bits per heavy atom. The van der Waals surface area contributed by atoms with Gasteiger partial charge in [0, 0.05) is 25.2 Å². The number of rotatable bonds is 9. The first-order chi connectivity index (χ1) is 17.2. The van der Waals surface area contributed by atoms with E-state index in [1.54, 1.807) is 11.0 Å². The molecule has 2 fully saturated rings. The Bertz CT molecular complexity index is 959. The van der Waals surface area contributed by atoms with Crippen LogP contribution in [0.15, 0.2) is 42.0 Å². The molecule has 3 N–H and O–H groups in total. The zero-order valence-electron chi connectivity index (χ0n) is 20.9. The number of benzene rings is 1. The molecule has 3 rings (SSSR count). The molecule has 194 valence electrons. The molecule has 2 atom stereocenters. The molecule has 11 heteroatoms. The van der Waals surface area contributed by atoms with Crippen molar-refractivity contribution in [3.63, 3.8) is 0 Å². The maximum Gasteiger partial charge on any atom is 0.475 e. The Kier molecular flexibility index (Phi) is 9.90. The monoisotopic (exact) mass is 498 g/mol. The second-order valence-electron chi connectivity index (χ2n) is 9.67. The summed E-state index contributed by atoms with van der Waals surface area (Å²) in [5.74, 6) is -1.32. The number of likely N-dealkylation sites (tertiary alicyclic amines) is 1. The lowest BCUT2D eigenvalue weighted by atomic mass is 9.76. The molecule has 0 saturated carbocycles. The molecule has 1 aromatic carbocycles. The number of hydrogen-bond acceptors (Lipinski definition) is 8. The van der Waals surface area contributed by atoms with Crippen LogP contribution in [0.2, 0.25) is 0 Å². The zero-order valence-corrected chi connectivity index (χ0v) is 20.9. The number of carbonyl (C=O) groups is 2. The van der Waals surface area contributed by atoms with Gasteiger partial charge in [0.2, 0.25) is 0 Å². The van der Waals surface area contributed by atoms with Gasteiger partial charge in [0.05, 0.1) is 25.2 Å². The van der Waals surface area contributed by atoms with Crippen LogP contribution in [0.1, 0.15) is 32.3 Å². The third-order valence-electron chi connectivity index (χ3n) is 6.68. The highest BCUT2D eigenvalue weighted by atomic mass is 16.5. The Morgan fingerprint density at radius 2 is 1.97 bits per heavy atom. The molecule has 10 nitrogen and oxygen atoms in total. The van der Waals surface area contributed by atoms with Crippen molar-refractivity contribution in [3.8, 4) is 6.07 Å². The van der Waals surface area contributed by atoms with E-state index in [1.807, 2.05) is 44.2 Å². The Morgan fingerprint density at radius 3 is 2.61 bits per heavy atom. The summed E-state index contributed by atoms with van der Waals surface area (Å²) in [4.78, 5) is 29.4. The lowest BCUT2D eigenvalue weighted by molar-refractivity contribution is -0.128. The van der Waals surface area contributed by atoms with Crippen LogP contribution >= 0.6 is 0 Å². The molecule has 0 radical (unpaired) electrons. The zero-order chi connectivity index (χ0) is 26.1. The van der Waals surface area contributed by atoms with E-state index >= 15 is 0 Å². The summed E-state index contributed by atoms with van der Waals surface area (Å²) in [6.07, 6.45) is 2.50. The Balaban J connectivity index is 1.58. The maximum atomic E-state index is 13.2. The van der Waals surface area contributed by atoms with Crippen molar-refractivity contribution in [1.29, 1.82) is 5.26 Å². The second-order valence-corrected chi connectivity index (χ2v) is 9.67. The highest BCUT2D eigenvalue weighted by Crippen LogP contribution is 2.24. The molecule has 2 aliphatic rings. The highest BCUT2D eigenvalue weighted by molar-refractivity contribution is 6.43. The Labute approximate surface area is 212 Å². The van der Waals surface area contributed by atoms with Gasteiger partial charge in [-0.2, -0.15) is 5.26 Å². The van der Waals surface area contributed by atoms with Crippen molar-refractivity contribution in [2.75, 3.05) is 39.5 Å². The molecule has 1 aromatic rings. The predicted molar refractivity (Wildman–Crippen MR) is 134 cm³/mol. The van der Waals surface area contributed by atoms with Gasteiger partial charge in [0.1, 0.15) is 18.2 Å². The van der Waals surface area contributed by atoms with E-state index in [-0.39, 0.29) is 30.5 Å². The van der Waals surface area contributed by atoms with E-state index < -0.39 is 24.7 Å². The molecule has 36 heavy (non-hydrogen) atoms. The number of alkyl carbamates (subject to hydrolysis) is 1. The van der Waals surface area contributed by atoms with E-state index in [4.69, 9.17) is 9.47 Å². The van der Waals surface area contributed by atoms with Crippen LogP contribution in [0, 0.1) is 11.3 Å².